The Morgan fingerprint density at radius 2 is 2.19 bits per heavy atom. The van der Waals surface area contributed by atoms with Gasteiger partial charge in [0.05, 0.1) is 28.3 Å². The van der Waals surface area contributed by atoms with Crippen LogP contribution in [0, 0.1) is 11.7 Å². The molecule has 27 heavy (non-hydrogen) atoms. The van der Waals surface area contributed by atoms with E-state index in [4.69, 9.17) is 11.6 Å². The second kappa shape index (κ2) is 5.93. The van der Waals surface area contributed by atoms with Crippen molar-refractivity contribution in [2.24, 2.45) is 5.92 Å². The molecule has 1 fully saturated rings. The van der Waals surface area contributed by atoms with Crippen LogP contribution in [-0.2, 0) is 4.79 Å². The number of hydrogen-bond donors (Lipinski definition) is 2. The number of H-pyrrole nitrogens is 1. The molecule has 4 aromatic rings. The first-order valence-corrected chi connectivity index (χ1v) is 9.24. The molecule has 2 atom stereocenters. The van der Waals surface area contributed by atoms with Gasteiger partial charge >= 0.3 is 0 Å². The van der Waals surface area contributed by atoms with E-state index in [-0.39, 0.29) is 17.4 Å². The van der Waals surface area contributed by atoms with Gasteiger partial charge in [0.2, 0.25) is 5.91 Å². The zero-order chi connectivity index (χ0) is 18.7. The second-order valence-corrected chi connectivity index (χ2v) is 7.62. The molecule has 0 bridgehead atoms. The minimum Gasteiger partial charge on any atom is -0.302 e. The molecule has 1 aliphatic rings. The highest BCUT2D eigenvalue weighted by atomic mass is 35.5. The van der Waals surface area contributed by atoms with Gasteiger partial charge in [0.15, 0.2) is 5.13 Å². The summed E-state index contributed by atoms with van der Waals surface area (Å²) >= 11 is 7.34. The fourth-order valence-electron chi connectivity index (χ4n) is 2.93. The number of amides is 1. The summed E-state index contributed by atoms with van der Waals surface area (Å²) in [6.07, 6.45) is 0.734. The number of carbonyl (C=O) groups excluding carboxylic acids is 1. The van der Waals surface area contributed by atoms with Gasteiger partial charge in [-0.15, -0.1) is 0 Å². The Morgan fingerprint density at radius 3 is 2.96 bits per heavy atom. The molecule has 1 aromatic carbocycles. The highest BCUT2D eigenvalue weighted by Crippen LogP contribution is 2.38. The van der Waals surface area contributed by atoms with Crippen LogP contribution in [-0.4, -0.2) is 32.2 Å². The number of carbonyl (C=O) groups is 1. The van der Waals surface area contributed by atoms with Crippen molar-refractivity contribution in [3.05, 3.63) is 35.2 Å². The Hall–Kier alpha value is -2.65. The number of aromatic nitrogens is 4. The summed E-state index contributed by atoms with van der Waals surface area (Å²) in [7, 11) is 0. The monoisotopic (exact) mass is 405 g/mol. The number of rotatable bonds is 3. The number of pyridine rings is 1. The SMILES string of the molecule is O=C(Nc1nc2ccc(-c3c(Cl)c(F)cc4[nH]ncc34)nc2s1)[C@@H]1C[C@@H]1F. The van der Waals surface area contributed by atoms with Crippen LogP contribution in [0.5, 0.6) is 0 Å². The van der Waals surface area contributed by atoms with Gasteiger partial charge in [-0.2, -0.15) is 5.10 Å². The summed E-state index contributed by atoms with van der Waals surface area (Å²) in [4.78, 5) is 21.2. The second-order valence-electron chi connectivity index (χ2n) is 6.27. The molecule has 6 nitrogen and oxygen atoms in total. The van der Waals surface area contributed by atoms with Gasteiger partial charge in [-0.1, -0.05) is 22.9 Å². The molecule has 0 saturated heterocycles. The Kier molecular flexibility index (Phi) is 3.63. The predicted molar refractivity (Wildman–Crippen MR) is 99.1 cm³/mol. The van der Waals surface area contributed by atoms with Gasteiger partial charge < -0.3 is 5.32 Å². The van der Waals surface area contributed by atoms with Crippen LogP contribution in [0.25, 0.3) is 32.5 Å². The summed E-state index contributed by atoms with van der Waals surface area (Å²) in [5.74, 6) is -1.55. The average Bonchev–Trinajstić information content (AvgIpc) is 3.02. The highest BCUT2D eigenvalue weighted by Gasteiger charge is 2.43. The van der Waals surface area contributed by atoms with E-state index in [9.17, 15) is 13.6 Å². The number of alkyl halides is 1. The van der Waals surface area contributed by atoms with Crippen molar-refractivity contribution in [3.8, 4) is 11.3 Å². The third-order valence-corrected chi connectivity index (χ3v) is 5.68. The third-order valence-electron chi connectivity index (χ3n) is 4.43. The highest BCUT2D eigenvalue weighted by molar-refractivity contribution is 7.22. The largest absolute Gasteiger partial charge is 0.302 e. The third kappa shape index (κ3) is 2.74. The number of nitrogens with zero attached hydrogens (tertiary/aromatic N) is 3. The van der Waals surface area contributed by atoms with E-state index < -0.39 is 17.9 Å². The van der Waals surface area contributed by atoms with E-state index in [1.165, 1.54) is 6.07 Å². The average molecular weight is 406 g/mol. The van der Waals surface area contributed by atoms with Crippen LogP contribution >= 0.6 is 22.9 Å². The number of hydrogen-bond acceptors (Lipinski definition) is 5. The minimum absolute atomic E-state index is 0.0449. The Morgan fingerprint density at radius 1 is 1.37 bits per heavy atom. The number of aromatic amines is 1. The topological polar surface area (TPSA) is 83.6 Å². The summed E-state index contributed by atoms with van der Waals surface area (Å²) in [6.45, 7) is 0. The molecule has 0 radical (unpaired) electrons. The lowest BCUT2D eigenvalue weighted by Gasteiger charge is -2.06. The zero-order valence-electron chi connectivity index (χ0n) is 13.5. The van der Waals surface area contributed by atoms with Crippen molar-refractivity contribution >= 4 is 55.2 Å². The van der Waals surface area contributed by atoms with Gasteiger partial charge in [-0.05, 0) is 18.6 Å². The number of fused-ring (bicyclic) bond motifs is 2. The number of nitrogens with one attached hydrogen (secondary N) is 2. The van der Waals surface area contributed by atoms with Gasteiger partial charge in [0, 0.05) is 17.0 Å². The van der Waals surface area contributed by atoms with Crippen molar-refractivity contribution in [2.75, 3.05) is 5.32 Å². The summed E-state index contributed by atoms with van der Waals surface area (Å²) < 4.78 is 27.2. The maximum Gasteiger partial charge on any atom is 0.232 e. The normalized spacial score (nSPS) is 18.9. The molecule has 5 rings (SSSR count). The molecule has 1 amide bonds. The van der Waals surface area contributed by atoms with Crippen LogP contribution in [0.2, 0.25) is 5.02 Å². The molecular formula is C17H10ClF2N5OS. The lowest BCUT2D eigenvalue weighted by Crippen LogP contribution is -2.14. The minimum atomic E-state index is -1.07. The summed E-state index contributed by atoms with van der Waals surface area (Å²) in [5, 5.41) is 10.2. The maximum absolute atomic E-state index is 14.2. The molecule has 0 aliphatic heterocycles. The molecule has 3 aromatic heterocycles. The van der Waals surface area contributed by atoms with Gasteiger partial charge in [-0.25, -0.2) is 18.7 Å². The van der Waals surface area contributed by atoms with Crippen LogP contribution in [0.4, 0.5) is 13.9 Å². The Bertz CT molecular complexity index is 1220. The number of halogens is 3. The Labute approximate surface area is 159 Å². The van der Waals surface area contributed by atoms with Crippen LogP contribution in [0.1, 0.15) is 6.42 Å². The fourth-order valence-corrected chi connectivity index (χ4v) is 4.02. The van der Waals surface area contributed by atoms with Crippen molar-refractivity contribution in [2.45, 2.75) is 12.6 Å². The lowest BCUT2D eigenvalue weighted by molar-refractivity contribution is -0.117. The first-order valence-electron chi connectivity index (χ1n) is 8.05. The molecule has 0 spiro atoms. The summed E-state index contributed by atoms with van der Waals surface area (Å²) in [6, 6.07) is 4.67. The molecule has 1 aliphatic carbocycles. The van der Waals surface area contributed by atoms with Crippen molar-refractivity contribution in [1.29, 1.82) is 0 Å². The van der Waals surface area contributed by atoms with Crippen LogP contribution < -0.4 is 5.32 Å². The molecule has 10 heteroatoms. The van der Waals surface area contributed by atoms with Gasteiger partial charge in [0.1, 0.15) is 22.3 Å². The van der Waals surface area contributed by atoms with Crippen molar-refractivity contribution in [1.82, 2.24) is 20.2 Å². The molecule has 2 N–H and O–H groups in total. The predicted octanol–water partition coefficient (Wildman–Crippen LogP) is 4.32. The van der Waals surface area contributed by atoms with E-state index in [1.54, 1.807) is 18.3 Å². The first kappa shape index (κ1) is 16.5. The lowest BCUT2D eigenvalue weighted by atomic mass is 10.1. The number of benzene rings is 1. The number of thiazole rings is 1. The fraction of sp³-hybridized carbons (Fsp3) is 0.176. The van der Waals surface area contributed by atoms with Crippen LogP contribution in [0.3, 0.4) is 0 Å². The van der Waals surface area contributed by atoms with Crippen LogP contribution in [0.15, 0.2) is 24.4 Å². The van der Waals surface area contributed by atoms with E-state index in [0.29, 0.717) is 37.6 Å². The van der Waals surface area contributed by atoms with Gasteiger partial charge in [-0.3, -0.25) is 9.89 Å². The standard InChI is InChI=1S/C17H10ClF2N5OS/c18-14-9(20)4-12-7(5-21-25-12)13(14)10-1-2-11-16(22-10)27-17(23-11)24-15(26)6-3-8(6)19/h1-2,4-6,8H,3H2,(H,21,25)(H,23,24,26)/t6-,8+/m1/s1. The zero-order valence-corrected chi connectivity index (χ0v) is 15.0. The van der Waals surface area contributed by atoms with Gasteiger partial charge in [0.25, 0.3) is 0 Å². The van der Waals surface area contributed by atoms with E-state index in [1.807, 2.05) is 0 Å². The van der Waals surface area contributed by atoms with Crippen molar-refractivity contribution in [3.63, 3.8) is 0 Å². The quantitative estimate of drug-likeness (QED) is 0.531. The Balaban J connectivity index is 1.56. The first-order chi connectivity index (χ1) is 13.0. The number of anilines is 1. The van der Waals surface area contributed by atoms with Crippen molar-refractivity contribution < 1.29 is 13.6 Å². The molecule has 136 valence electrons. The molecule has 1 saturated carbocycles. The maximum atomic E-state index is 14.2. The molecule has 3 heterocycles. The van der Waals surface area contributed by atoms with E-state index in [2.05, 4.69) is 25.5 Å². The van der Waals surface area contributed by atoms with E-state index in [0.717, 1.165) is 11.3 Å². The summed E-state index contributed by atoms with van der Waals surface area (Å²) in [5.41, 5.74) is 1.98. The molecular weight excluding hydrogens is 396 g/mol. The molecule has 0 unspecified atom stereocenters. The smallest absolute Gasteiger partial charge is 0.232 e. The van der Waals surface area contributed by atoms with E-state index >= 15 is 0 Å².